The van der Waals surface area contributed by atoms with Crippen molar-refractivity contribution in [2.75, 3.05) is 24.5 Å². The van der Waals surface area contributed by atoms with Crippen LogP contribution >= 0.6 is 0 Å². The molecule has 0 bridgehead atoms. The third-order valence-electron chi connectivity index (χ3n) is 5.56. The molecule has 28 heavy (non-hydrogen) atoms. The summed E-state index contributed by atoms with van der Waals surface area (Å²) in [4.78, 5) is 33.0. The van der Waals surface area contributed by atoms with E-state index in [9.17, 15) is 9.59 Å². The topological polar surface area (TPSA) is 65.5 Å². The predicted molar refractivity (Wildman–Crippen MR) is 107 cm³/mol. The Labute approximate surface area is 165 Å². The molecule has 6 nitrogen and oxygen atoms in total. The van der Waals surface area contributed by atoms with Crippen LogP contribution in [-0.2, 0) is 22.7 Å². The molecule has 2 fully saturated rings. The van der Waals surface area contributed by atoms with Gasteiger partial charge in [0.05, 0.1) is 5.92 Å². The number of hydrogen-bond donors (Lipinski definition) is 1. The highest BCUT2D eigenvalue weighted by atomic mass is 16.2. The normalized spacial score (nSPS) is 19.3. The van der Waals surface area contributed by atoms with Gasteiger partial charge in [-0.3, -0.25) is 14.6 Å². The number of carbonyl (C=O) groups is 2. The van der Waals surface area contributed by atoms with Crippen molar-refractivity contribution >= 4 is 17.5 Å². The number of likely N-dealkylation sites (tertiary alicyclic amines) is 1. The number of nitrogens with zero attached hydrogens (tertiary/aromatic N) is 3. The fourth-order valence-corrected chi connectivity index (χ4v) is 3.98. The number of pyridine rings is 1. The molecule has 0 aliphatic carbocycles. The summed E-state index contributed by atoms with van der Waals surface area (Å²) in [5.41, 5.74) is 3.35. The van der Waals surface area contributed by atoms with Crippen LogP contribution in [0.2, 0.25) is 0 Å². The summed E-state index contributed by atoms with van der Waals surface area (Å²) in [7, 11) is 0. The van der Waals surface area contributed by atoms with E-state index < -0.39 is 0 Å². The van der Waals surface area contributed by atoms with Gasteiger partial charge >= 0.3 is 0 Å². The molecule has 2 amide bonds. The van der Waals surface area contributed by atoms with Crippen molar-refractivity contribution in [1.29, 1.82) is 0 Å². The first kappa shape index (κ1) is 18.5. The number of amides is 2. The average Bonchev–Trinajstić information content (AvgIpc) is 3.38. The molecule has 1 aromatic carbocycles. The summed E-state index contributed by atoms with van der Waals surface area (Å²) in [5, 5.41) is 3.02. The SMILES string of the molecule is O=C(NCc1cccc(N2CCCC2)c1)C1CC(=O)N(Cc2ccncc2)C1. The third-order valence-corrected chi connectivity index (χ3v) is 5.56. The second-order valence-corrected chi connectivity index (χ2v) is 7.61. The van der Waals surface area contributed by atoms with Crippen LogP contribution in [0, 0.1) is 5.92 Å². The van der Waals surface area contributed by atoms with E-state index >= 15 is 0 Å². The quantitative estimate of drug-likeness (QED) is 0.838. The van der Waals surface area contributed by atoms with E-state index in [2.05, 4.69) is 27.3 Å². The zero-order valence-electron chi connectivity index (χ0n) is 16.0. The van der Waals surface area contributed by atoms with Gasteiger partial charge in [-0.2, -0.15) is 0 Å². The number of carbonyl (C=O) groups excluding carboxylic acids is 2. The molecule has 1 unspecified atom stereocenters. The number of nitrogens with one attached hydrogen (secondary N) is 1. The van der Waals surface area contributed by atoms with Crippen molar-refractivity contribution < 1.29 is 9.59 Å². The average molecular weight is 378 g/mol. The summed E-state index contributed by atoms with van der Waals surface area (Å²) in [6, 6.07) is 12.2. The first-order valence-electron chi connectivity index (χ1n) is 9.97. The molecule has 0 radical (unpaired) electrons. The lowest BCUT2D eigenvalue weighted by molar-refractivity contribution is -0.129. The molecule has 1 N–H and O–H groups in total. The largest absolute Gasteiger partial charge is 0.372 e. The van der Waals surface area contributed by atoms with E-state index in [-0.39, 0.29) is 24.2 Å². The highest BCUT2D eigenvalue weighted by Gasteiger charge is 2.34. The first-order chi connectivity index (χ1) is 13.7. The Morgan fingerprint density at radius 3 is 2.68 bits per heavy atom. The Morgan fingerprint density at radius 2 is 1.89 bits per heavy atom. The van der Waals surface area contributed by atoms with Gasteiger partial charge in [-0.25, -0.2) is 0 Å². The lowest BCUT2D eigenvalue weighted by Gasteiger charge is -2.19. The molecule has 4 rings (SSSR count). The van der Waals surface area contributed by atoms with Crippen LogP contribution < -0.4 is 10.2 Å². The Balaban J connectivity index is 1.30. The van der Waals surface area contributed by atoms with Crippen LogP contribution in [0.3, 0.4) is 0 Å². The smallest absolute Gasteiger partial charge is 0.225 e. The van der Waals surface area contributed by atoms with Crippen LogP contribution in [0.5, 0.6) is 0 Å². The van der Waals surface area contributed by atoms with Gasteiger partial charge in [0.1, 0.15) is 0 Å². The number of benzene rings is 1. The van der Waals surface area contributed by atoms with E-state index in [1.165, 1.54) is 18.5 Å². The first-order valence-corrected chi connectivity index (χ1v) is 9.97. The van der Waals surface area contributed by atoms with Crippen molar-refractivity contribution in [1.82, 2.24) is 15.2 Å². The second-order valence-electron chi connectivity index (χ2n) is 7.61. The van der Waals surface area contributed by atoms with E-state index in [0.717, 1.165) is 24.2 Å². The fraction of sp³-hybridized carbons (Fsp3) is 0.409. The van der Waals surface area contributed by atoms with Crippen molar-refractivity contribution in [2.45, 2.75) is 32.4 Å². The van der Waals surface area contributed by atoms with E-state index in [1.54, 1.807) is 17.3 Å². The summed E-state index contributed by atoms with van der Waals surface area (Å²) < 4.78 is 0. The lowest BCUT2D eigenvalue weighted by atomic mass is 10.1. The fourth-order valence-electron chi connectivity index (χ4n) is 3.98. The standard InChI is InChI=1S/C22H26N4O2/c27-21-13-19(16-26(21)15-17-6-8-23-9-7-17)22(28)24-14-18-4-3-5-20(12-18)25-10-1-2-11-25/h3-9,12,19H,1-2,10-11,13-16H2,(H,24,28). The zero-order chi connectivity index (χ0) is 19.3. The predicted octanol–water partition coefficient (Wildman–Crippen LogP) is 2.35. The Hall–Kier alpha value is -2.89. The van der Waals surface area contributed by atoms with Gasteiger partial charge in [0.15, 0.2) is 0 Å². The van der Waals surface area contributed by atoms with Gasteiger partial charge in [0.25, 0.3) is 0 Å². The number of hydrogen-bond acceptors (Lipinski definition) is 4. The second kappa shape index (κ2) is 8.42. The number of anilines is 1. The molecule has 6 heteroatoms. The number of aromatic nitrogens is 1. The molecular weight excluding hydrogens is 352 g/mol. The minimum Gasteiger partial charge on any atom is -0.372 e. The molecule has 2 aromatic rings. The minimum absolute atomic E-state index is 0.0352. The van der Waals surface area contributed by atoms with Crippen LogP contribution in [-0.4, -0.2) is 41.3 Å². The van der Waals surface area contributed by atoms with Gasteiger partial charge in [-0.05, 0) is 48.2 Å². The molecule has 3 heterocycles. The molecule has 0 spiro atoms. The van der Waals surface area contributed by atoms with Gasteiger partial charge < -0.3 is 15.1 Å². The molecule has 1 aromatic heterocycles. The summed E-state index contributed by atoms with van der Waals surface area (Å²) in [6.45, 7) is 3.71. The Kier molecular flexibility index (Phi) is 5.55. The van der Waals surface area contributed by atoms with Gasteiger partial charge in [0, 0.05) is 57.2 Å². The van der Waals surface area contributed by atoms with Gasteiger partial charge in [0.2, 0.25) is 11.8 Å². The van der Waals surface area contributed by atoms with Crippen LogP contribution in [0.25, 0.3) is 0 Å². The Bertz CT molecular complexity index is 833. The zero-order valence-corrected chi connectivity index (χ0v) is 16.0. The van der Waals surface area contributed by atoms with Crippen LogP contribution in [0.1, 0.15) is 30.4 Å². The van der Waals surface area contributed by atoms with Crippen molar-refractivity contribution in [2.24, 2.45) is 5.92 Å². The highest BCUT2D eigenvalue weighted by molar-refractivity contribution is 5.89. The maximum Gasteiger partial charge on any atom is 0.225 e. The van der Waals surface area contributed by atoms with Crippen LogP contribution in [0.4, 0.5) is 5.69 Å². The van der Waals surface area contributed by atoms with E-state index in [1.807, 2.05) is 24.3 Å². The monoisotopic (exact) mass is 378 g/mol. The number of rotatable bonds is 6. The molecule has 2 aliphatic rings. The summed E-state index contributed by atoms with van der Waals surface area (Å²) in [5.74, 6) is -0.291. The highest BCUT2D eigenvalue weighted by Crippen LogP contribution is 2.22. The van der Waals surface area contributed by atoms with E-state index in [0.29, 0.717) is 19.6 Å². The molecule has 2 saturated heterocycles. The lowest BCUT2D eigenvalue weighted by Crippen LogP contribution is -2.32. The maximum absolute atomic E-state index is 12.6. The molecule has 0 saturated carbocycles. The summed E-state index contributed by atoms with van der Waals surface area (Å²) >= 11 is 0. The van der Waals surface area contributed by atoms with Gasteiger partial charge in [-0.15, -0.1) is 0 Å². The molecule has 2 aliphatic heterocycles. The van der Waals surface area contributed by atoms with E-state index in [4.69, 9.17) is 0 Å². The van der Waals surface area contributed by atoms with Crippen LogP contribution in [0.15, 0.2) is 48.8 Å². The van der Waals surface area contributed by atoms with Crippen molar-refractivity contribution in [3.63, 3.8) is 0 Å². The third kappa shape index (κ3) is 4.32. The van der Waals surface area contributed by atoms with Crippen molar-refractivity contribution in [3.8, 4) is 0 Å². The minimum atomic E-state index is -0.281. The van der Waals surface area contributed by atoms with Gasteiger partial charge in [-0.1, -0.05) is 12.1 Å². The Morgan fingerprint density at radius 1 is 1.11 bits per heavy atom. The van der Waals surface area contributed by atoms with Crippen molar-refractivity contribution in [3.05, 3.63) is 59.9 Å². The molecule has 146 valence electrons. The molecular formula is C22H26N4O2. The maximum atomic E-state index is 12.6. The summed E-state index contributed by atoms with van der Waals surface area (Å²) in [6.07, 6.45) is 6.21. The molecule has 1 atom stereocenters.